The Morgan fingerprint density at radius 1 is 1.28 bits per heavy atom. The molecule has 0 bridgehead atoms. The third-order valence-corrected chi connectivity index (χ3v) is 5.50. The number of nitrogens with one attached hydrogen (secondary N) is 5. The zero-order valence-corrected chi connectivity index (χ0v) is 17.7. The standard InChI is InChI=1S/C20H24BrN7O/c1-22-18(29)9-4-12-2-7-14(8-3-12)24-20-23-11-15(21)19(26-20)25-17-10-16(27-28-17)13-5-6-13/h2-3,7-8,10-11,13,20,24,26H,4-6,9H2,1H3,(H,22,29)(H2,25,27,28). The van der Waals surface area contributed by atoms with Crippen LogP contribution in [0.3, 0.4) is 0 Å². The van der Waals surface area contributed by atoms with Gasteiger partial charge in [0, 0.05) is 43.0 Å². The number of aryl methyl sites for hydroxylation is 1. The summed E-state index contributed by atoms with van der Waals surface area (Å²) in [5.74, 6) is 2.26. The first-order chi connectivity index (χ1) is 14.1. The van der Waals surface area contributed by atoms with Gasteiger partial charge >= 0.3 is 0 Å². The predicted molar refractivity (Wildman–Crippen MR) is 118 cm³/mol. The Morgan fingerprint density at radius 3 is 2.79 bits per heavy atom. The van der Waals surface area contributed by atoms with Crippen LogP contribution in [0.1, 0.15) is 36.4 Å². The molecule has 2 heterocycles. The van der Waals surface area contributed by atoms with E-state index >= 15 is 0 Å². The third kappa shape index (κ3) is 5.17. The van der Waals surface area contributed by atoms with E-state index in [0.29, 0.717) is 12.3 Å². The van der Waals surface area contributed by atoms with E-state index in [9.17, 15) is 4.79 Å². The summed E-state index contributed by atoms with van der Waals surface area (Å²) in [6.45, 7) is 0. The minimum atomic E-state index is -0.308. The molecule has 1 aliphatic carbocycles. The van der Waals surface area contributed by atoms with Crippen molar-refractivity contribution in [2.45, 2.75) is 37.9 Å². The van der Waals surface area contributed by atoms with Crippen molar-refractivity contribution in [1.82, 2.24) is 20.8 Å². The monoisotopic (exact) mass is 457 g/mol. The number of anilines is 2. The molecule has 9 heteroatoms. The molecule has 1 unspecified atom stereocenters. The molecule has 1 aromatic carbocycles. The van der Waals surface area contributed by atoms with E-state index in [1.165, 1.54) is 18.5 Å². The zero-order chi connectivity index (χ0) is 20.2. The number of carbonyl (C=O) groups excluding carboxylic acids is 1. The maximum Gasteiger partial charge on any atom is 0.220 e. The summed E-state index contributed by atoms with van der Waals surface area (Å²) in [6.07, 6.45) is 5.13. The lowest BCUT2D eigenvalue weighted by atomic mass is 10.1. The minimum absolute atomic E-state index is 0.0477. The van der Waals surface area contributed by atoms with Crippen LogP contribution in [0.5, 0.6) is 0 Å². The number of nitrogens with zero attached hydrogens (tertiary/aromatic N) is 2. The number of carbonyl (C=O) groups is 1. The number of aromatic amines is 1. The fourth-order valence-electron chi connectivity index (χ4n) is 3.06. The van der Waals surface area contributed by atoms with Crippen LogP contribution < -0.4 is 21.3 Å². The Morgan fingerprint density at radius 2 is 2.07 bits per heavy atom. The SMILES string of the molecule is CNC(=O)CCc1ccc(NC2N=CC(Br)=C(Nc3cc(C4CC4)[nH]n3)N2)cc1. The molecular weight excluding hydrogens is 434 g/mol. The number of aromatic nitrogens is 2. The molecule has 1 amide bonds. The van der Waals surface area contributed by atoms with Gasteiger partial charge in [-0.05, 0) is 52.9 Å². The molecule has 1 aliphatic heterocycles. The lowest BCUT2D eigenvalue weighted by molar-refractivity contribution is -0.120. The molecule has 4 rings (SSSR count). The fourth-order valence-corrected chi connectivity index (χ4v) is 3.39. The number of hydrogen-bond donors (Lipinski definition) is 5. The highest BCUT2D eigenvalue weighted by molar-refractivity contribution is 9.12. The molecule has 152 valence electrons. The van der Waals surface area contributed by atoms with E-state index in [2.05, 4.69) is 58.5 Å². The maximum atomic E-state index is 11.4. The van der Waals surface area contributed by atoms with Crippen molar-refractivity contribution in [2.24, 2.45) is 4.99 Å². The summed E-state index contributed by atoms with van der Waals surface area (Å²) in [5, 5.41) is 20.0. The van der Waals surface area contributed by atoms with Gasteiger partial charge in [-0.15, -0.1) is 0 Å². The van der Waals surface area contributed by atoms with Crippen LogP contribution in [0.25, 0.3) is 0 Å². The van der Waals surface area contributed by atoms with E-state index in [1.807, 2.05) is 24.3 Å². The molecule has 1 saturated carbocycles. The van der Waals surface area contributed by atoms with Gasteiger partial charge in [-0.3, -0.25) is 9.89 Å². The molecule has 29 heavy (non-hydrogen) atoms. The van der Waals surface area contributed by atoms with Gasteiger partial charge in [-0.1, -0.05) is 12.1 Å². The Hall–Kier alpha value is -2.81. The molecule has 1 atom stereocenters. The Labute approximate surface area is 177 Å². The van der Waals surface area contributed by atoms with Crippen LogP contribution in [-0.2, 0) is 11.2 Å². The van der Waals surface area contributed by atoms with Gasteiger partial charge in [0.15, 0.2) is 12.1 Å². The van der Waals surface area contributed by atoms with Crippen LogP contribution in [0, 0.1) is 0 Å². The summed E-state index contributed by atoms with van der Waals surface area (Å²) < 4.78 is 0.830. The molecule has 0 saturated heterocycles. The molecule has 5 N–H and O–H groups in total. The third-order valence-electron chi connectivity index (χ3n) is 4.90. The van der Waals surface area contributed by atoms with Crippen LogP contribution in [-0.4, -0.2) is 35.7 Å². The second kappa shape index (κ2) is 8.69. The summed E-state index contributed by atoms with van der Waals surface area (Å²) in [5.41, 5.74) is 3.24. The van der Waals surface area contributed by atoms with Crippen molar-refractivity contribution < 1.29 is 4.79 Å². The number of benzene rings is 1. The van der Waals surface area contributed by atoms with Crippen molar-refractivity contribution in [3.05, 3.63) is 51.9 Å². The topological polar surface area (TPSA) is 106 Å². The van der Waals surface area contributed by atoms with E-state index in [1.54, 1.807) is 13.3 Å². The van der Waals surface area contributed by atoms with Crippen molar-refractivity contribution in [3.8, 4) is 0 Å². The van der Waals surface area contributed by atoms with Gasteiger partial charge < -0.3 is 21.3 Å². The fraction of sp³-hybridized carbons (Fsp3) is 0.350. The molecule has 8 nitrogen and oxygen atoms in total. The highest BCUT2D eigenvalue weighted by Gasteiger charge is 2.26. The molecule has 2 aliphatic rings. The number of halogens is 1. The molecule has 1 fully saturated rings. The smallest absolute Gasteiger partial charge is 0.220 e. The predicted octanol–water partition coefficient (Wildman–Crippen LogP) is 3.01. The second-order valence-corrected chi connectivity index (χ2v) is 8.02. The van der Waals surface area contributed by atoms with E-state index in [-0.39, 0.29) is 12.2 Å². The molecular formula is C20H24BrN7O. The molecule has 0 spiro atoms. The Bertz CT molecular complexity index is 931. The van der Waals surface area contributed by atoms with Gasteiger partial charge in [-0.2, -0.15) is 5.10 Å². The van der Waals surface area contributed by atoms with Gasteiger partial charge in [0.2, 0.25) is 5.91 Å². The average Bonchev–Trinajstić information content (AvgIpc) is 3.48. The maximum absolute atomic E-state index is 11.4. The summed E-state index contributed by atoms with van der Waals surface area (Å²) in [7, 11) is 1.65. The summed E-state index contributed by atoms with van der Waals surface area (Å²) >= 11 is 3.52. The Balaban J connectivity index is 1.32. The van der Waals surface area contributed by atoms with Gasteiger partial charge in [-0.25, -0.2) is 4.99 Å². The Kier molecular flexibility index (Phi) is 5.84. The van der Waals surface area contributed by atoms with Crippen molar-refractivity contribution >= 4 is 39.6 Å². The molecule has 1 aromatic heterocycles. The van der Waals surface area contributed by atoms with Gasteiger partial charge in [0.25, 0.3) is 0 Å². The first-order valence-corrected chi connectivity index (χ1v) is 10.5. The quantitative estimate of drug-likeness (QED) is 0.418. The largest absolute Gasteiger partial charge is 0.359 e. The molecule has 2 aromatic rings. The minimum Gasteiger partial charge on any atom is -0.359 e. The van der Waals surface area contributed by atoms with Crippen LogP contribution in [0.15, 0.2) is 45.6 Å². The number of amides is 1. The van der Waals surface area contributed by atoms with Crippen LogP contribution in [0.2, 0.25) is 0 Å². The number of hydrogen-bond acceptors (Lipinski definition) is 6. The number of rotatable bonds is 8. The number of aliphatic imine (C=N–C) groups is 1. The molecule has 0 radical (unpaired) electrons. The first kappa shape index (κ1) is 19.5. The summed E-state index contributed by atoms with van der Waals surface area (Å²) in [4.78, 5) is 15.8. The van der Waals surface area contributed by atoms with E-state index in [4.69, 9.17) is 0 Å². The van der Waals surface area contributed by atoms with Gasteiger partial charge in [0.1, 0.15) is 5.82 Å². The normalized spacial score (nSPS) is 18.3. The van der Waals surface area contributed by atoms with E-state index < -0.39 is 0 Å². The number of allylic oxidation sites excluding steroid dienone is 1. The lowest BCUT2D eigenvalue weighted by Crippen LogP contribution is -2.39. The van der Waals surface area contributed by atoms with E-state index in [0.717, 1.165) is 33.8 Å². The lowest BCUT2D eigenvalue weighted by Gasteiger charge is -2.24. The van der Waals surface area contributed by atoms with Crippen molar-refractivity contribution in [3.63, 3.8) is 0 Å². The average molecular weight is 458 g/mol. The second-order valence-electron chi connectivity index (χ2n) is 7.17. The number of H-pyrrole nitrogens is 1. The summed E-state index contributed by atoms with van der Waals surface area (Å²) in [6, 6.07) is 10.1. The van der Waals surface area contributed by atoms with Gasteiger partial charge in [0.05, 0.1) is 4.48 Å². The van der Waals surface area contributed by atoms with Crippen LogP contribution in [0.4, 0.5) is 11.5 Å². The highest BCUT2D eigenvalue weighted by atomic mass is 79.9. The zero-order valence-electron chi connectivity index (χ0n) is 16.1. The van der Waals surface area contributed by atoms with Crippen LogP contribution >= 0.6 is 15.9 Å². The van der Waals surface area contributed by atoms with Crippen molar-refractivity contribution in [1.29, 1.82) is 0 Å². The highest BCUT2D eigenvalue weighted by Crippen LogP contribution is 2.39. The first-order valence-electron chi connectivity index (χ1n) is 9.68. The van der Waals surface area contributed by atoms with Crippen molar-refractivity contribution in [2.75, 3.05) is 17.7 Å².